The molecule has 108 valence electrons. The van der Waals surface area contributed by atoms with Gasteiger partial charge < -0.3 is 0 Å². The predicted octanol–water partition coefficient (Wildman–Crippen LogP) is 5.45. The van der Waals surface area contributed by atoms with Gasteiger partial charge in [-0.25, -0.2) is 0 Å². The predicted molar refractivity (Wildman–Crippen MR) is 92.2 cm³/mol. The lowest BCUT2D eigenvalue weighted by Crippen LogP contribution is -1.93. The van der Waals surface area contributed by atoms with E-state index in [1.807, 2.05) is 18.2 Å². The Morgan fingerprint density at radius 2 is 1.05 bits per heavy atom. The molecule has 1 nitrogen and oxygen atoms in total. The number of carbonyl (C=O) groups excluding carboxylic acids is 1. The second-order valence-corrected chi connectivity index (χ2v) is 5.62. The van der Waals surface area contributed by atoms with Crippen molar-refractivity contribution in [3.8, 4) is 22.3 Å². The summed E-state index contributed by atoms with van der Waals surface area (Å²) >= 11 is 0. The Morgan fingerprint density at radius 3 is 1.41 bits per heavy atom. The minimum absolute atomic E-state index is 0.746. The Labute approximate surface area is 131 Å². The molecule has 0 amide bonds. The van der Waals surface area contributed by atoms with Crippen molar-refractivity contribution in [1.82, 2.24) is 0 Å². The van der Waals surface area contributed by atoms with Gasteiger partial charge >= 0.3 is 0 Å². The average Bonchev–Trinajstić information content (AvgIpc) is 2.55. The van der Waals surface area contributed by atoms with Gasteiger partial charge in [-0.15, -0.1) is 0 Å². The molecular weight excluding hydrogens is 268 g/mol. The van der Waals surface area contributed by atoms with Crippen molar-refractivity contribution >= 4 is 6.29 Å². The molecule has 0 fully saturated rings. The van der Waals surface area contributed by atoms with Crippen LogP contribution in [0.1, 0.15) is 21.5 Å². The molecule has 3 rings (SSSR count). The summed E-state index contributed by atoms with van der Waals surface area (Å²) in [5, 5.41) is 0. The van der Waals surface area contributed by atoms with E-state index >= 15 is 0 Å². The van der Waals surface area contributed by atoms with E-state index in [0.29, 0.717) is 0 Å². The largest absolute Gasteiger partial charge is 0.298 e. The quantitative estimate of drug-likeness (QED) is 0.585. The molecule has 0 aliphatic heterocycles. The molecule has 1 heteroatoms. The molecule has 0 bridgehead atoms. The number of aldehydes is 1. The molecule has 0 aliphatic carbocycles. The van der Waals surface area contributed by atoms with Crippen LogP contribution in [0.4, 0.5) is 0 Å². The minimum atomic E-state index is 0.746. The Morgan fingerprint density at radius 1 is 0.636 bits per heavy atom. The summed E-state index contributed by atoms with van der Waals surface area (Å²) in [4.78, 5) is 11.7. The van der Waals surface area contributed by atoms with Gasteiger partial charge in [0, 0.05) is 5.56 Å². The van der Waals surface area contributed by atoms with Crippen LogP contribution >= 0.6 is 0 Å². The fourth-order valence-corrected chi connectivity index (χ4v) is 2.66. The molecule has 0 saturated heterocycles. The van der Waals surface area contributed by atoms with Crippen molar-refractivity contribution in [1.29, 1.82) is 0 Å². The van der Waals surface area contributed by atoms with Gasteiger partial charge in [-0.3, -0.25) is 4.79 Å². The highest BCUT2D eigenvalue weighted by Gasteiger charge is 2.11. The van der Waals surface area contributed by atoms with E-state index in [9.17, 15) is 4.79 Å². The number of hydrogen-bond acceptors (Lipinski definition) is 1. The van der Waals surface area contributed by atoms with Gasteiger partial charge in [0.05, 0.1) is 0 Å². The first kappa shape index (κ1) is 14.3. The number of aryl methyl sites for hydroxylation is 2. The molecule has 0 N–H and O–H groups in total. The van der Waals surface area contributed by atoms with Crippen LogP contribution in [0.25, 0.3) is 22.3 Å². The fraction of sp³-hybridized carbons (Fsp3) is 0.0952. The lowest BCUT2D eigenvalue weighted by Gasteiger charge is -2.11. The number of carbonyl (C=O) groups is 1. The van der Waals surface area contributed by atoms with Gasteiger partial charge in [0.25, 0.3) is 0 Å². The lowest BCUT2D eigenvalue weighted by molar-refractivity contribution is 0.112. The third-order valence-corrected chi connectivity index (χ3v) is 3.95. The molecule has 0 heterocycles. The summed E-state index contributed by atoms with van der Waals surface area (Å²) in [5.74, 6) is 0. The summed E-state index contributed by atoms with van der Waals surface area (Å²) in [5.41, 5.74) is 7.27. The maximum atomic E-state index is 11.7. The maximum absolute atomic E-state index is 11.7. The standard InChI is InChI=1S/C21H18O/c1-15-6-10-17(11-7-15)19-4-3-5-20(21(19)14-22)18-12-8-16(2)9-13-18/h3-14H,1-2H3. The molecule has 0 aromatic heterocycles. The molecule has 3 aromatic carbocycles. The van der Waals surface area contributed by atoms with Crippen LogP contribution in [0.5, 0.6) is 0 Å². The van der Waals surface area contributed by atoms with E-state index in [1.54, 1.807) is 0 Å². The topological polar surface area (TPSA) is 17.1 Å². The summed E-state index contributed by atoms with van der Waals surface area (Å²) in [6.45, 7) is 4.13. The van der Waals surface area contributed by atoms with Crippen LogP contribution in [-0.2, 0) is 0 Å². The molecule has 0 spiro atoms. The zero-order valence-corrected chi connectivity index (χ0v) is 12.8. The number of benzene rings is 3. The second-order valence-electron chi connectivity index (χ2n) is 5.62. The Bertz CT molecular complexity index is 733. The molecular formula is C21H18O. The Hall–Kier alpha value is -2.67. The van der Waals surface area contributed by atoms with Crippen LogP contribution < -0.4 is 0 Å². The van der Waals surface area contributed by atoms with Gasteiger partial charge in [0.2, 0.25) is 0 Å². The van der Waals surface area contributed by atoms with Crippen LogP contribution in [0, 0.1) is 13.8 Å². The normalized spacial score (nSPS) is 10.5. The van der Waals surface area contributed by atoms with Crippen molar-refractivity contribution < 1.29 is 4.79 Å². The van der Waals surface area contributed by atoms with Crippen molar-refractivity contribution in [2.75, 3.05) is 0 Å². The van der Waals surface area contributed by atoms with Crippen LogP contribution in [0.3, 0.4) is 0 Å². The van der Waals surface area contributed by atoms with Crippen LogP contribution in [0.2, 0.25) is 0 Å². The van der Waals surface area contributed by atoms with Crippen molar-refractivity contribution in [3.05, 3.63) is 83.4 Å². The van der Waals surface area contributed by atoms with Crippen LogP contribution in [0.15, 0.2) is 66.7 Å². The molecule has 22 heavy (non-hydrogen) atoms. The highest BCUT2D eigenvalue weighted by molar-refractivity contribution is 5.96. The first-order valence-corrected chi connectivity index (χ1v) is 7.41. The summed E-state index contributed by atoms with van der Waals surface area (Å²) in [6, 6.07) is 22.6. The number of hydrogen-bond donors (Lipinski definition) is 0. The highest BCUT2D eigenvalue weighted by atomic mass is 16.1. The molecule has 0 radical (unpaired) electrons. The summed E-state index contributed by atoms with van der Waals surface area (Å²) < 4.78 is 0. The minimum Gasteiger partial charge on any atom is -0.298 e. The first-order chi connectivity index (χ1) is 10.7. The van der Waals surface area contributed by atoms with Gasteiger partial charge in [-0.2, -0.15) is 0 Å². The number of rotatable bonds is 3. The van der Waals surface area contributed by atoms with Gasteiger partial charge in [-0.1, -0.05) is 77.9 Å². The fourth-order valence-electron chi connectivity index (χ4n) is 2.66. The Kier molecular flexibility index (Phi) is 3.88. The zero-order valence-electron chi connectivity index (χ0n) is 12.8. The average molecular weight is 286 g/mol. The third-order valence-electron chi connectivity index (χ3n) is 3.95. The lowest BCUT2D eigenvalue weighted by atomic mass is 9.92. The van der Waals surface area contributed by atoms with Crippen molar-refractivity contribution in [2.45, 2.75) is 13.8 Å². The van der Waals surface area contributed by atoms with Gasteiger partial charge in [-0.05, 0) is 36.1 Å². The SMILES string of the molecule is Cc1ccc(-c2cccc(-c3ccc(C)cc3)c2C=O)cc1. The van der Waals surface area contributed by atoms with Crippen molar-refractivity contribution in [2.24, 2.45) is 0 Å². The van der Waals surface area contributed by atoms with E-state index in [1.165, 1.54) is 11.1 Å². The van der Waals surface area contributed by atoms with E-state index in [4.69, 9.17) is 0 Å². The maximum Gasteiger partial charge on any atom is 0.151 e. The van der Waals surface area contributed by atoms with E-state index in [-0.39, 0.29) is 0 Å². The Balaban J connectivity index is 2.17. The van der Waals surface area contributed by atoms with Gasteiger partial charge in [0.1, 0.15) is 0 Å². The molecule has 0 aliphatic rings. The molecule has 0 unspecified atom stereocenters. The van der Waals surface area contributed by atoms with Crippen LogP contribution in [-0.4, -0.2) is 6.29 Å². The monoisotopic (exact) mass is 286 g/mol. The van der Waals surface area contributed by atoms with Crippen molar-refractivity contribution in [3.63, 3.8) is 0 Å². The molecule has 3 aromatic rings. The molecule has 0 atom stereocenters. The molecule has 0 saturated carbocycles. The second kappa shape index (κ2) is 5.98. The van der Waals surface area contributed by atoms with E-state index in [2.05, 4.69) is 62.4 Å². The summed E-state index contributed by atoms with van der Waals surface area (Å²) in [6.07, 6.45) is 0.963. The zero-order chi connectivity index (χ0) is 15.5. The van der Waals surface area contributed by atoms with Gasteiger partial charge in [0.15, 0.2) is 6.29 Å². The smallest absolute Gasteiger partial charge is 0.151 e. The summed E-state index contributed by atoms with van der Waals surface area (Å²) in [7, 11) is 0. The first-order valence-electron chi connectivity index (χ1n) is 7.41. The van der Waals surface area contributed by atoms with E-state index < -0.39 is 0 Å². The third kappa shape index (κ3) is 2.71. The van der Waals surface area contributed by atoms with E-state index in [0.717, 1.165) is 34.1 Å². The highest BCUT2D eigenvalue weighted by Crippen LogP contribution is 2.31.